The van der Waals surface area contributed by atoms with E-state index in [1.54, 1.807) is 30.3 Å². The molecule has 0 aliphatic heterocycles. The molecular weight excluding hydrogens is 412 g/mol. The van der Waals surface area contributed by atoms with E-state index in [-0.39, 0.29) is 24.1 Å². The fourth-order valence-electron chi connectivity index (χ4n) is 3.36. The van der Waals surface area contributed by atoms with Crippen LogP contribution in [0.3, 0.4) is 0 Å². The topological polar surface area (TPSA) is 106 Å². The predicted molar refractivity (Wildman–Crippen MR) is 123 cm³/mol. The van der Waals surface area contributed by atoms with Crippen LogP contribution in [-0.4, -0.2) is 54.7 Å². The van der Waals surface area contributed by atoms with Gasteiger partial charge in [0, 0.05) is 23.9 Å². The van der Waals surface area contributed by atoms with Gasteiger partial charge in [-0.25, -0.2) is 4.98 Å². The summed E-state index contributed by atoms with van der Waals surface area (Å²) in [5, 5.41) is 3.40. The summed E-state index contributed by atoms with van der Waals surface area (Å²) >= 11 is 0. The minimum absolute atomic E-state index is 0.0393. The Balaban J connectivity index is 1.77. The monoisotopic (exact) mass is 440 g/mol. The van der Waals surface area contributed by atoms with Gasteiger partial charge in [-0.15, -0.1) is 0 Å². The van der Waals surface area contributed by atoms with Crippen LogP contribution >= 0.6 is 0 Å². The molecule has 0 bridgehead atoms. The first-order valence-electron chi connectivity index (χ1n) is 10.2. The number of H-pyrrole nitrogens is 1. The largest absolute Gasteiger partial charge is 0.493 e. The number of fused-ring (bicyclic) bond motifs is 1. The van der Waals surface area contributed by atoms with E-state index in [9.17, 15) is 9.59 Å². The van der Waals surface area contributed by atoms with E-state index in [1.165, 1.54) is 21.3 Å². The predicted octanol–water partition coefficient (Wildman–Crippen LogP) is 2.80. The maximum Gasteiger partial charge on any atom is 0.258 e. The van der Waals surface area contributed by atoms with Crippen molar-refractivity contribution in [2.75, 3.05) is 33.2 Å². The molecule has 0 unspecified atom stereocenters. The molecule has 0 radical (unpaired) electrons. The molecule has 0 atom stereocenters. The summed E-state index contributed by atoms with van der Waals surface area (Å²) in [7, 11) is 4.55. The Bertz CT molecular complexity index is 1130. The second-order valence-electron chi connectivity index (χ2n) is 7.49. The summed E-state index contributed by atoms with van der Waals surface area (Å²) in [6.07, 6.45) is 0. The average Bonchev–Trinajstić information content (AvgIpc) is 2.77. The summed E-state index contributed by atoms with van der Waals surface area (Å²) < 4.78 is 16.0. The highest BCUT2D eigenvalue weighted by atomic mass is 16.5. The standard InChI is InChI=1S/C23H28N4O5/c1-14(2)27(12-20-25-17-9-7-6-8-16(17)23(29)26-20)13-21(28)24-15-10-18(30-3)22(32-5)19(11-15)31-4/h6-11,14H,12-13H2,1-5H3,(H,24,28)(H,25,26,29). The van der Waals surface area contributed by atoms with Crippen molar-refractivity contribution in [2.24, 2.45) is 0 Å². The van der Waals surface area contributed by atoms with Crippen LogP contribution in [0.1, 0.15) is 19.7 Å². The minimum Gasteiger partial charge on any atom is -0.493 e. The molecule has 1 heterocycles. The first-order chi connectivity index (χ1) is 15.4. The smallest absolute Gasteiger partial charge is 0.258 e. The van der Waals surface area contributed by atoms with E-state index >= 15 is 0 Å². The maximum atomic E-state index is 12.8. The Morgan fingerprint density at radius 2 is 1.75 bits per heavy atom. The number of rotatable bonds is 9. The van der Waals surface area contributed by atoms with Crippen molar-refractivity contribution >= 4 is 22.5 Å². The molecule has 3 rings (SSSR count). The number of hydrogen-bond acceptors (Lipinski definition) is 7. The van der Waals surface area contributed by atoms with Gasteiger partial charge in [0.05, 0.1) is 45.3 Å². The van der Waals surface area contributed by atoms with Crippen molar-refractivity contribution in [2.45, 2.75) is 26.4 Å². The fourth-order valence-corrected chi connectivity index (χ4v) is 3.36. The molecule has 9 heteroatoms. The first-order valence-corrected chi connectivity index (χ1v) is 10.2. The van der Waals surface area contributed by atoms with E-state index in [1.807, 2.05) is 24.8 Å². The number of para-hydroxylation sites is 1. The van der Waals surface area contributed by atoms with Crippen molar-refractivity contribution in [3.05, 3.63) is 52.6 Å². The van der Waals surface area contributed by atoms with Crippen LogP contribution < -0.4 is 25.1 Å². The molecule has 2 aromatic carbocycles. The number of methoxy groups -OCH3 is 3. The van der Waals surface area contributed by atoms with Crippen molar-refractivity contribution in [1.82, 2.24) is 14.9 Å². The zero-order chi connectivity index (χ0) is 23.3. The molecule has 0 fully saturated rings. The van der Waals surface area contributed by atoms with Crippen molar-refractivity contribution < 1.29 is 19.0 Å². The second kappa shape index (κ2) is 10.1. The Morgan fingerprint density at radius 3 is 2.34 bits per heavy atom. The Morgan fingerprint density at radius 1 is 1.09 bits per heavy atom. The molecule has 32 heavy (non-hydrogen) atoms. The van der Waals surface area contributed by atoms with Crippen LogP contribution in [0.5, 0.6) is 17.2 Å². The lowest BCUT2D eigenvalue weighted by Crippen LogP contribution is -2.38. The number of hydrogen-bond donors (Lipinski definition) is 2. The van der Waals surface area contributed by atoms with Crippen LogP contribution in [0.4, 0.5) is 5.69 Å². The number of nitrogens with one attached hydrogen (secondary N) is 2. The van der Waals surface area contributed by atoms with E-state index in [0.29, 0.717) is 46.2 Å². The summed E-state index contributed by atoms with van der Waals surface area (Å²) in [6.45, 7) is 4.38. The molecule has 0 aliphatic carbocycles. The van der Waals surface area contributed by atoms with Crippen LogP contribution in [0.2, 0.25) is 0 Å². The molecule has 170 valence electrons. The summed E-state index contributed by atoms with van der Waals surface area (Å²) in [4.78, 5) is 34.4. The molecule has 9 nitrogen and oxygen atoms in total. The quantitative estimate of drug-likeness (QED) is 0.527. The molecule has 0 saturated carbocycles. The highest BCUT2D eigenvalue weighted by molar-refractivity contribution is 5.93. The van der Waals surface area contributed by atoms with E-state index in [2.05, 4.69) is 15.3 Å². The lowest BCUT2D eigenvalue weighted by atomic mass is 10.2. The third-order valence-corrected chi connectivity index (χ3v) is 5.04. The van der Waals surface area contributed by atoms with Gasteiger partial charge >= 0.3 is 0 Å². The zero-order valence-corrected chi connectivity index (χ0v) is 18.9. The number of aromatic amines is 1. The van der Waals surface area contributed by atoms with Crippen LogP contribution in [0, 0.1) is 0 Å². The number of carbonyl (C=O) groups is 1. The van der Waals surface area contributed by atoms with Crippen molar-refractivity contribution in [3.63, 3.8) is 0 Å². The SMILES string of the molecule is COc1cc(NC(=O)CN(Cc2nc3ccccc3c(=O)[nH]2)C(C)C)cc(OC)c1OC. The zero-order valence-electron chi connectivity index (χ0n) is 18.9. The molecule has 0 spiro atoms. The number of aromatic nitrogens is 2. The molecule has 0 aliphatic rings. The van der Waals surface area contributed by atoms with Crippen molar-refractivity contribution in [3.8, 4) is 17.2 Å². The normalized spacial score (nSPS) is 11.1. The lowest BCUT2D eigenvalue weighted by molar-refractivity contribution is -0.117. The third kappa shape index (κ3) is 5.17. The molecule has 1 amide bonds. The van der Waals surface area contributed by atoms with Gasteiger partial charge in [-0.2, -0.15) is 0 Å². The number of benzene rings is 2. The number of ether oxygens (including phenoxy) is 3. The van der Waals surface area contributed by atoms with Crippen molar-refractivity contribution in [1.29, 1.82) is 0 Å². The van der Waals surface area contributed by atoms with Crippen LogP contribution in [0.25, 0.3) is 10.9 Å². The molecule has 0 saturated heterocycles. The van der Waals surface area contributed by atoms with Crippen LogP contribution in [-0.2, 0) is 11.3 Å². The van der Waals surface area contributed by atoms with Gasteiger partial charge in [0.2, 0.25) is 11.7 Å². The molecule has 1 aromatic heterocycles. The number of carbonyl (C=O) groups excluding carboxylic acids is 1. The molecule has 2 N–H and O–H groups in total. The van der Waals surface area contributed by atoms with E-state index in [4.69, 9.17) is 14.2 Å². The van der Waals surface area contributed by atoms with Gasteiger partial charge in [0.1, 0.15) is 5.82 Å². The Kier molecular flexibility index (Phi) is 7.32. The van der Waals surface area contributed by atoms with Crippen LogP contribution in [0.15, 0.2) is 41.2 Å². The van der Waals surface area contributed by atoms with E-state index < -0.39 is 0 Å². The Labute approximate surface area is 186 Å². The summed E-state index contributed by atoms with van der Waals surface area (Å²) in [5.74, 6) is 1.61. The average molecular weight is 441 g/mol. The van der Waals surface area contributed by atoms with Gasteiger partial charge in [-0.05, 0) is 26.0 Å². The number of amides is 1. The van der Waals surface area contributed by atoms with Gasteiger partial charge in [-0.3, -0.25) is 14.5 Å². The molecular formula is C23H28N4O5. The van der Waals surface area contributed by atoms with Gasteiger partial charge in [0.15, 0.2) is 11.5 Å². The van der Waals surface area contributed by atoms with Gasteiger partial charge < -0.3 is 24.5 Å². The second-order valence-corrected chi connectivity index (χ2v) is 7.49. The highest BCUT2D eigenvalue weighted by Gasteiger charge is 2.19. The highest BCUT2D eigenvalue weighted by Crippen LogP contribution is 2.39. The van der Waals surface area contributed by atoms with Gasteiger partial charge in [0.25, 0.3) is 5.56 Å². The van der Waals surface area contributed by atoms with Gasteiger partial charge in [-0.1, -0.05) is 12.1 Å². The third-order valence-electron chi connectivity index (χ3n) is 5.04. The number of nitrogens with zero attached hydrogens (tertiary/aromatic N) is 2. The fraction of sp³-hybridized carbons (Fsp3) is 0.348. The molecule has 3 aromatic rings. The minimum atomic E-state index is -0.226. The summed E-state index contributed by atoms with van der Waals surface area (Å²) in [5.41, 5.74) is 0.943. The first kappa shape index (κ1) is 23.1. The van der Waals surface area contributed by atoms with E-state index in [0.717, 1.165) is 0 Å². The number of anilines is 1. The summed E-state index contributed by atoms with van der Waals surface area (Å²) in [6, 6.07) is 10.5. The maximum absolute atomic E-state index is 12.8. The lowest BCUT2D eigenvalue weighted by Gasteiger charge is -2.25. The Hall–Kier alpha value is -3.59.